The van der Waals surface area contributed by atoms with E-state index in [1.807, 2.05) is 0 Å². The topological polar surface area (TPSA) is 20.2 Å². The molecular formula is C9H16O. The van der Waals surface area contributed by atoms with E-state index in [1.165, 1.54) is 0 Å². The lowest BCUT2D eigenvalue weighted by Crippen LogP contribution is -2.22. The van der Waals surface area contributed by atoms with Crippen molar-refractivity contribution in [3.05, 3.63) is 12.2 Å². The molecule has 1 aliphatic rings. The Hall–Kier alpha value is -0.300. The summed E-state index contributed by atoms with van der Waals surface area (Å²) in [6.07, 6.45) is 6.47. The second-order valence-electron chi connectivity index (χ2n) is 3.40. The molecule has 58 valence electrons. The van der Waals surface area contributed by atoms with Gasteiger partial charge in [0.25, 0.3) is 0 Å². The largest absolute Gasteiger partial charge is 0.392 e. The number of rotatable bonds is 2. The molecule has 0 aromatic carbocycles. The number of allylic oxidation sites excluding steroid dienone is 1. The molecule has 1 rings (SSSR count). The average Bonchev–Trinajstić information content (AvgIpc) is 2.36. The smallest absolute Gasteiger partial charge is 0.0625 e. The van der Waals surface area contributed by atoms with Crippen LogP contribution in [-0.4, -0.2) is 11.2 Å². The zero-order valence-electron chi connectivity index (χ0n) is 6.75. The standard InChI is InChI=1S/C9H16O/c1-7(2)9(10)8-5-3-4-6-8/h3,5,7-10H,4,6H2,1-2H3. The Labute approximate surface area is 62.8 Å². The Morgan fingerprint density at radius 1 is 1.50 bits per heavy atom. The van der Waals surface area contributed by atoms with E-state index in [-0.39, 0.29) is 6.10 Å². The number of hydrogen-bond acceptors (Lipinski definition) is 1. The van der Waals surface area contributed by atoms with Gasteiger partial charge in [-0.2, -0.15) is 0 Å². The maximum Gasteiger partial charge on any atom is 0.0625 e. The van der Waals surface area contributed by atoms with Gasteiger partial charge in [0, 0.05) is 5.92 Å². The van der Waals surface area contributed by atoms with Gasteiger partial charge in [-0.1, -0.05) is 26.0 Å². The molecule has 0 aliphatic heterocycles. The summed E-state index contributed by atoms with van der Waals surface area (Å²) in [6, 6.07) is 0. The number of hydrogen-bond donors (Lipinski definition) is 1. The lowest BCUT2D eigenvalue weighted by atomic mass is 9.93. The maximum atomic E-state index is 9.57. The van der Waals surface area contributed by atoms with Gasteiger partial charge >= 0.3 is 0 Å². The van der Waals surface area contributed by atoms with E-state index >= 15 is 0 Å². The Kier molecular flexibility index (Phi) is 2.50. The van der Waals surface area contributed by atoms with Gasteiger partial charge in [0.15, 0.2) is 0 Å². The van der Waals surface area contributed by atoms with E-state index in [9.17, 15) is 5.11 Å². The maximum absolute atomic E-state index is 9.57. The van der Waals surface area contributed by atoms with E-state index in [0.29, 0.717) is 11.8 Å². The molecule has 0 bridgehead atoms. The first-order valence-corrected chi connectivity index (χ1v) is 4.06. The second-order valence-corrected chi connectivity index (χ2v) is 3.40. The second kappa shape index (κ2) is 3.20. The fourth-order valence-electron chi connectivity index (χ4n) is 1.43. The third kappa shape index (κ3) is 1.60. The van der Waals surface area contributed by atoms with E-state index in [0.717, 1.165) is 12.8 Å². The molecule has 1 heteroatoms. The molecule has 2 unspecified atom stereocenters. The molecule has 2 atom stereocenters. The van der Waals surface area contributed by atoms with Gasteiger partial charge in [-0.25, -0.2) is 0 Å². The van der Waals surface area contributed by atoms with Gasteiger partial charge < -0.3 is 5.11 Å². The summed E-state index contributed by atoms with van der Waals surface area (Å²) < 4.78 is 0. The minimum atomic E-state index is -0.126. The molecular weight excluding hydrogens is 124 g/mol. The van der Waals surface area contributed by atoms with Crippen molar-refractivity contribution in [2.45, 2.75) is 32.8 Å². The van der Waals surface area contributed by atoms with Crippen molar-refractivity contribution in [1.82, 2.24) is 0 Å². The molecule has 1 N–H and O–H groups in total. The number of aliphatic hydroxyl groups is 1. The molecule has 0 saturated carbocycles. The monoisotopic (exact) mass is 140 g/mol. The Morgan fingerprint density at radius 2 is 2.20 bits per heavy atom. The van der Waals surface area contributed by atoms with Gasteiger partial charge in [-0.15, -0.1) is 0 Å². The van der Waals surface area contributed by atoms with E-state index in [2.05, 4.69) is 26.0 Å². The van der Waals surface area contributed by atoms with Crippen molar-refractivity contribution in [1.29, 1.82) is 0 Å². The van der Waals surface area contributed by atoms with Crippen molar-refractivity contribution < 1.29 is 5.11 Å². The van der Waals surface area contributed by atoms with Crippen LogP contribution in [0.5, 0.6) is 0 Å². The van der Waals surface area contributed by atoms with Crippen LogP contribution in [0.4, 0.5) is 0 Å². The Balaban J connectivity index is 2.40. The molecule has 0 aromatic rings. The van der Waals surface area contributed by atoms with Crippen LogP contribution >= 0.6 is 0 Å². The molecule has 0 amide bonds. The molecule has 0 heterocycles. The van der Waals surface area contributed by atoms with Crippen LogP contribution in [0.15, 0.2) is 12.2 Å². The Morgan fingerprint density at radius 3 is 2.60 bits per heavy atom. The van der Waals surface area contributed by atoms with Crippen LogP contribution in [0.1, 0.15) is 26.7 Å². The molecule has 0 fully saturated rings. The fraction of sp³-hybridized carbons (Fsp3) is 0.778. The lowest BCUT2D eigenvalue weighted by Gasteiger charge is -2.19. The molecule has 0 spiro atoms. The van der Waals surface area contributed by atoms with Gasteiger partial charge in [-0.3, -0.25) is 0 Å². The predicted octanol–water partition coefficient (Wildman–Crippen LogP) is 1.97. The molecule has 1 aliphatic carbocycles. The van der Waals surface area contributed by atoms with Gasteiger partial charge in [0.1, 0.15) is 0 Å². The highest BCUT2D eigenvalue weighted by Crippen LogP contribution is 2.24. The van der Waals surface area contributed by atoms with Gasteiger partial charge in [-0.05, 0) is 18.8 Å². The predicted molar refractivity (Wildman–Crippen MR) is 42.7 cm³/mol. The summed E-state index contributed by atoms with van der Waals surface area (Å²) >= 11 is 0. The highest BCUT2D eigenvalue weighted by Gasteiger charge is 2.21. The highest BCUT2D eigenvalue weighted by molar-refractivity contribution is 4.99. The molecule has 0 radical (unpaired) electrons. The third-order valence-electron chi connectivity index (χ3n) is 2.17. The summed E-state index contributed by atoms with van der Waals surface area (Å²) in [5.74, 6) is 0.827. The van der Waals surface area contributed by atoms with Crippen LogP contribution in [0.25, 0.3) is 0 Å². The Bertz CT molecular complexity index is 127. The van der Waals surface area contributed by atoms with Crippen molar-refractivity contribution in [2.75, 3.05) is 0 Å². The van der Waals surface area contributed by atoms with E-state index in [1.54, 1.807) is 0 Å². The minimum absolute atomic E-state index is 0.126. The summed E-state index contributed by atoms with van der Waals surface area (Å²) in [6.45, 7) is 4.13. The highest BCUT2D eigenvalue weighted by atomic mass is 16.3. The minimum Gasteiger partial charge on any atom is -0.392 e. The van der Waals surface area contributed by atoms with Crippen molar-refractivity contribution >= 4 is 0 Å². The zero-order valence-corrected chi connectivity index (χ0v) is 6.75. The van der Waals surface area contributed by atoms with E-state index in [4.69, 9.17) is 0 Å². The fourth-order valence-corrected chi connectivity index (χ4v) is 1.43. The van der Waals surface area contributed by atoms with Crippen LogP contribution in [-0.2, 0) is 0 Å². The zero-order chi connectivity index (χ0) is 7.56. The van der Waals surface area contributed by atoms with Crippen LogP contribution < -0.4 is 0 Å². The van der Waals surface area contributed by atoms with Crippen LogP contribution in [0.3, 0.4) is 0 Å². The summed E-state index contributed by atoms with van der Waals surface area (Å²) in [4.78, 5) is 0. The van der Waals surface area contributed by atoms with Crippen molar-refractivity contribution in [3.8, 4) is 0 Å². The summed E-state index contributed by atoms with van der Waals surface area (Å²) in [5.41, 5.74) is 0. The van der Waals surface area contributed by atoms with Crippen molar-refractivity contribution in [2.24, 2.45) is 11.8 Å². The van der Waals surface area contributed by atoms with Crippen LogP contribution in [0, 0.1) is 11.8 Å². The first kappa shape index (κ1) is 7.80. The summed E-state index contributed by atoms with van der Waals surface area (Å²) in [5, 5.41) is 9.57. The molecule has 10 heavy (non-hydrogen) atoms. The third-order valence-corrected chi connectivity index (χ3v) is 2.17. The first-order valence-electron chi connectivity index (χ1n) is 4.06. The summed E-state index contributed by atoms with van der Waals surface area (Å²) in [7, 11) is 0. The normalized spacial score (nSPS) is 27.8. The molecule has 0 saturated heterocycles. The van der Waals surface area contributed by atoms with Gasteiger partial charge in [0.05, 0.1) is 6.10 Å². The first-order chi connectivity index (χ1) is 4.72. The average molecular weight is 140 g/mol. The van der Waals surface area contributed by atoms with Gasteiger partial charge in [0.2, 0.25) is 0 Å². The molecule has 1 nitrogen and oxygen atoms in total. The van der Waals surface area contributed by atoms with Crippen molar-refractivity contribution in [3.63, 3.8) is 0 Å². The van der Waals surface area contributed by atoms with E-state index < -0.39 is 0 Å². The lowest BCUT2D eigenvalue weighted by molar-refractivity contribution is 0.0840. The molecule has 0 aromatic heterocycles. The quantitative estimate of drug-likeness (QED) is 0.581. The SMILES string of the molecule is CC(C)C(O)C1C=CCC1. The van der Waals surface area contributed by atoms with Crippen LogP contribution in [0.2, 0.25) is 0 Å². The number of aliphatic hydroxyl groups excluding tert-OH is 1.